The van der Waals surface area contributed by atoms with E-state index in [1.54, 1.807) is 23.1 Å². The molecule has 0 saturated carbocycles. The number of hydrogen-bond donors (Lipinski definition) is 1. The zero-order valence-corrected chi connectivity index (χ0v) is 17.2. The van der Waals surface area contributed by atoms with Gasteiger partial charge >= 0.3 is 0 Å². The highest BCUT2D eigenvalue weighted by molar-refractivity contribution is 6.31. The van der Waals surface area contributed by atoms with Gasteiger partial charge in [0.05, 0.1) is 6.54 Å². The van der Waals surface area contributed by atoms with Crippen LogP contribution in [0.5, 0.6) is 0 Å². The van der Waals surface area contributed by atoms with E-state index in [0.29, 0.717) is 48.2 Å². The Morgan fingerprint density at radius 3 is 2.50 bits per heavy atom. The van der Waals surface area contributed by atoms with Crippen LogP contribution >= 0.6 is 11.6 Å². The highest BCUT2D eigenvalue weighted by Crippen LogP contribution is 2.29. The lowest BCUT2D eigenvalue weighted by Gasteiger charge is -2.33. The van der Waals surface area contributed by atoms with Crippen molar-refractivity contribution in [1.82, 2.24) is 9.80 Å². The molecule has 0 spiro atoms. The topological polar surface area (TPSA) is 65.8 Å². The fourth-order valence-electron chi connectivity index (χ4n) is 3.59. The summed E-state index contributed by atoms with van der Waals surface area (Å²) in [6.45, 7) is 4.22. The summed E-state index contributed by atoms with van der Waals surface area (Å²) < 4.78 is 18.7. The van der Waals surface area contributed by atoms with Crippen LogP contribution in [-0.4, -0.2) is 54.3 Å². The van der Waals surface area contributed by atoms with E-state index < -0.39 is 0 Å². The van der Waals surface area contributed by atoms with Crippen LogP contribution in [0.3, 0.4) is 0 Å². The van der Waals surface area contributed by atoms with Crippen molar-refractivity contribution in [2.75, 3.05) is 38.0 Å². The van der Waals surface area contributed by atoms with Crippen molar-refractivity contribution < 1.29 is 18.4 Å². The van der Waals surface area contributed by atoms with E-state index in [4.69, 9.17) is 16.0 Å². The predicted octanol–water partition coefficient (Wildman–Crippen LogP) is 3.93. The van der Waals surface area contributed by atoms with Gasteiger partial charge in [-0.3, -0.25) is 14.5 Å². The molecule has 1 N–H and O–H groups in total. The van der Waals surface area contributed by atoms with Crippen LogP contribution in [0.4, 0.5) is 10.1 Å². The van der Waals surface area contributed by atoms with Crippen LogP contribution < -0.4 is 5.32 Å². The van der Waals surface area contributed by atoms with E-state index in [-0.39, 0.29) is 24.2 Å². The lowest BCUT2D eigenvalue weighted by Crippen LogP contribution is -2.50. The zero-order valence-electron chi connectivity index (χ0n) is 16.5. The van der Waals surface area contributed by atoms with Crippen LogP contribution in [0.1, 0.15) is 16.1 Å². The SMILES string of the molecule is Cc1c(C(=O)N2CCN(CC(=O)Nc3ccc(F)cc3)CC2)oc2ccc(Cl)cc12. The highest BCUT2D eigenvalue weighted by Gasteiger charge is 2.27. The molecule has 1 fully saturated rings. The standard InChI is InChI=1S/C22H21ClFN3O3/c1-14-18-12-15(23)2-7-19(18)30-21(14)22(29)27-10-8-26(9-11-27)13-20(28)25-17-5-3-16(24)4-6-17/h2-7,12H,8-11,13H2,1H3,(H,25,28). The molecule has 0 unspecified atom stereocenters. The van der Waals surface area contributed by atoms with Gasteiger partial charge in [-0.25, -0.2) is 4.39 Å². The summed E-state index contributed by atoms with van der Waals surface area (Å²) in [5.41, 5.74) is 1.96. The normalized spacial score (nSPS) is 14.8. The number of benzene rings is 2. The van der Waals surface area contributed by atoms with Gasteiger partial charge < -0.3 is 14.6 Å². The molecule has 3 aromatic rings. The predicted molar refractivity (Wildman–Crippen MR) is 113 cm³/mol. The second-order valence-electron chi connectivity index (χ2n) is 7.32. The molecular formula is C22H21ClFN3O3. The summed E-state index contributed by atoms with van der Waals surface area (Å²) in [6, 6.07) is 10.9. The van der Waals surface area contributed by atoms with E-state index in [0.717, 1.165) is 10.9 Å². The highest BCUT2D eigenvalue weighted by atomic mass is 35.5. The lowest BCUT2D eigenvalue weighted by atomic mass is 10.1. The van der Waals surface area contributed by atoms with Crippen molar-refractivity contribution in [3.8, 4) is 0 Å². The average molecular weight is 430 g/mol. The summed E-state index contributed by atoms with van der Waals surface area (Å²) in [6.07, 6.45) is 0. The van der Waals surface area contributed by atoms with Crippen LogP contribution in [-0.2, 0) is 4.79 Å². The Bertz CT molecular complexity index is 1090. The lowest BCUT2D eigenvalue weighted by molar-refractivity contribution is -0.117. The fraction of sp³-hybridized carbons (Fsp3) is 0.273. The second-order valence-corrected chi connectivity index (χ2v) is 7.76. The third-order valence-corrected chi connectivity index (χ3v) is 5.48. The van der Waals surface area contributed by atoms with Crippen molar-refractivity contribution in [3.63, 3.8) is 0 Å². The molecule has 30 heavy (non-hydrogen) atoms. The Kier molecular flexibility index (Phi) is 5.74. The monoisotopic (exact) mass is 429 g/mol. The molecule has 8 heteroatoms. The van der Waals surface area contributed by atoms with Crippen LogP contribution in [0, 0.1) is 12.7 Å². The van der Waals surface area contributed by atoms with E-state index >= 15 is 0 Å². The zero-order chi connectivity index (χ0) is 21.3. The van der Waals surface area contributed by atoms with E-state index in [2.05, 4.69) is 5.32 Å². The van der Waals surface area contributed by atoms with Gasteiger partial charge in [0.1, 0.15) is 11.4 Å². The van der Waals surface area contributed by atoms with E-state index in [1.807, 2.05) is 11.8 Å². The van der Waals surface area contributed by atoms with Gasteiger partial charge in [0, 0.05) is 47.8 Å². The maximum absolute atomic E-state index is 13.0. The van der Waals surface area contributed by atoms with Crippen molar-refractivity contribution >= 4 is 40.1 Å². The molecule has 6 nitrogen and oxygen atoms in total. The number of rotatable bonds is 4. The number of anilines is 1. The molecule has 2 aromatic carbocycles. The third-order valence-electron chi connectivity index (χ3n) is 5.25. The quantitative estimate of drug-likeness (QED) is 0.682. The molecule has 2 heterocycles. The van der Waals surface area contributed by atoms with Gasteiger partial charge in [-0.15, -0.1) is 0 Å². The molecule has 4 rings (SSSR count). The molecular weight excluding hydrogens is 409 g/mol. The summed E-state index contributed by atoms with van der Waals surface area (Å²) >= 11 is 6.05. The first-order valence-corrected chi connectivity index (χ1v) is 10.0. The van der Waals surface area contributed by atoms with Crippen LogP contribution in [0.2, 0.25) is 5.02 Å². The number of furan rings is 1. The maximum atomic E-state index is 13.0. The second kappa shape index (κ2) is 8.45. The Morgan fingerprint density at radius 2 is 1.80 bits per heavy atom. The maximum Gasteiger partial charge on any atom is 0.289 e. The van der Waals surface area contributed by atoms with Crippen molar-refractivity contribution in [2.24, 2.45) is 0 Å². The number of nitrogens with one attached hydrogen (secondary N) is 1. The average Bonchev–Trinajstić information content (AvgIpc) is 3.06. The van der Waals surface area contributed by atoms with Crippen molar-refractivity contribution in [3.05, 3.63) is 64.6 Å². The van der Waals surface area contributed by atoms with Gasteiger partial charge in [-0.2, -0.15) is 0 Å². The van der Waals surface area contributed by atoms with Crippen molar-refractivity contribution in [1.29, 1.82) is 0 Å². The minimum absolute atomic E-state index is 0.157. The number of aryl methyl sites for hydroxylation is 1. The number of carbonyl (C=O) groups excluding carboxylic acids is 2. The Balaban J connectivity index is 1.34. The number of halogens is 2. The van der Waals surface area contributed by atoms with Crippen molar-refractivity contribution in [2.45, 2.75) is 6.92 Å². The Hall–Kier alpha value is -2.90. The number of nitrogens with zero attached hydrogens (tertiary/aromatic N) is 2. The van der Waals surface area contributed by atoms with Gasteiger partial charge in [-0.05, 0) is 49.4 Å². The number of amides is 2. The largest absolute Gasteiger partial charge is 0.451 e. The minimum atomic E-state index is -0.350. The molecule has 0 radical (unpaired) electrons. The molecule has 2 amide bonds. The molecule has 1 saturated heterocycles. The fourth-order valence-corrected chi connectivity index (χ4v) is 3.76. The van der Waals surface area contributed by atoms with Gasteiger partial charge in [0.2, 0.25) is 5.91 Å². The number of piperazine rings is 1. The molecule has 0 bridgehead atoms. The summed E-state index contributed by atoms with van der Waals surface area (Å²) in [5.74, 6) is -0.354. The first-order chi connectivity index (χ1) is 14.4. The Labute approximate surface area is 178 Å². The molecule has 1 aromatic heterocycles. The summed E-state index contributed by atoms with van der Waals surface area (Å²) in [7, 11) is 0. The molecule has 1 aliphatic heterocycles. The third kappa shape index (κ3) is 4.32. The van der Waals surface area contributed by atoms with Gasteiger partial charge in [-0.1, -0.05) is 11.6 Å². The smallest absolute Gasteiger partial charge is 0.289 e. The first kappa shape index (κ1) is 20.4. The molecule has 0 aliphatic carbocycles. The summed E-state index contributed by atoms with van der Waals surface area (Å²) in [4.78, 5) is 28.9. The van der Waals surface area contributed by atoms with Crippen LogP contribution in [0.15, 0.2) is 46.9 Å². The van der Waals surface area contributed by atoms with E-state index in [9.17, 15) is 14.0 Å². The van der Waals surface area contributed by atoms with Gasteiger partial charge in [0.15, 0.2) is 5.76 Å². The first-order valence-electron chi connectivity index (χ1n) is 9.66. The van der Waals surface area contributed by atoms with E-state index in [1.165, 1.54) is 24.3 Å². The van der Waals surface area contributed by atoms with Crippen LogP contribution in [0.25, 0.3) is 11.0 Å². The Morgan fingerprint density at radius 1 is 1.10 bits per heavy atom. The number of hydrogen-bond acceptors (Lipinski definition) is 4. The number of carbonyl (C=O) groups is 2. The summed E-state index contributed by atoms with van der Waals surface area (Å²) in [5, 5.41) is 4.18. The van der Waals surface area contributed by atoms with Gasteiger partial charge in [0.25, 0.3) is 5.91 Å². The minimum Gasteiger partial charge on any atom is -0.451 e. The molecule has 156 valence electrons. The molecule has 0 atom stereocenters. The molecule has 1 aliphatic rings. The number of fused-ring (bicyclic) bond motifs is 1.